The number of aryl methyl sites for hydroxylation is 2. The number of aromatic nitrogens is 1. The van der Waals surface area contributed by atoms with E-state index < -0.39 is 0 Å². The quantitative estimate of drug-likeness (QED) is 0.231. The van der Waals surface area contributed by atoms with Gasteiger partial charge in [-0.2, -0.15) is 0 Å². The molecule has 4 nitrogen and oxygen atoms in total. The van der Waals surface area contributed by atoms with Crippen LogP contribution in [0, 0.1) is 24.3 Å². The summed E-state index contributed by atoms with van der Waals surface area (Å²) in [5, 5.41) is 0.623. The summed E-state index contributed by atoms with van der Waals surface area (Å²) in [4.78, 5) is 27.2. The molecule has 4 rings (SSSR count). The predicted molar refractivity (Wildman–Crippen MR) is 141 cm³/mol. The molecule has 1 aromatic heterocycles. The van der Waals surface area contributed by atoms with E-state index in [1.807, 2.05) is 19.9 Å². The van der Waals surface area contributed by atoms with E-state index in [0.717, 1.165) is 34.4 Å². The lowest BCUT2D eigenvalue weighted by molar-refractivity contribution is -0.123. The SMILES string of the molecule is Cc1cc(-n2c(C)cc(/C=C3\SC(=O)N(Cc4ccc(Cl)cc4Cl)C3=O)c2C)ccc1I. The second kappa shape index (κ2) is 9.25. The number of halogens is 3. The minimum Gasteiger partial charge on any atom is -0.318 e. The van der Waals surface area contributed by atoms with Crippen molar-refractivity contribution in [1.82, 2.24) is 9.47 Å². The van der Waals surface area contributed by atoms with Gasteiger partial charge in [-0.3, -0.25) is 14.5 Å². The zero-order valence-corrected chi connectivity index (χ0v) is 22.1. The maximum Gasteiger partial charge on any atom is 0.293 e. The van der Waals surface area contributed by atoms with Crippen LogP contribution >= 0.6 is 57.6 Å². The summed E-state index contributed by atoms with van der Waals surface area (Å²) in [6, 6.07) is 13.4. The highest BCUT2D eigenvalue weighted by Crippen LogP contribution is 2.35. The van der Waals surface area contributed by atoms with E-state index in [2.05, 4.69) is 52.3 Å². The molecule has 0 N–H and O–H groups in total. The summed E-state index contributed by atoms with van der Waals surface area (Å²) in [5.74, 6) is -0.319. The number of hydrogen-bond donors (Lipinski definition) is 0. The largest absolute Gasteiger partial charge is 0.318 e. The Labute approximate surface area is 214 Å². The summed E-state index contributed by atoms with van der Waals surface area (Å²) >= 11 is 15.4. The minimum atomic E-state index is -0.319. The van der Waals surface area contributed by atoms with E-state index in [1.54, 1.807) is 24.3 Å². The topological polar surface area (TPSA) is 42.3 Å². The molecule has 0 saturated carbocycles. The summed E-state index contributed by atoms with van der Waals surface area (Å²) in [6.45, 7) is 6.25. The Hall–Kier alpha value is -1.74. The van der Waals surface area contributed by atoms with Crippen LogP contribution in [-0.2, 0) is 11.3 Å². The van der Waals surface area contributed by atoms with Crippen molar-refractivity contribution in [3.63, 3.8) is 0 Å². The zero-order valence-electron chi connectivity index (χ0n) is 17.6. The van der Waals surface area contributed by atoms with Crippen LogP contribution in [0.5, 0.6) is 0 Å². The van der Waals surface area contributed by atoms with Crippen LogP contribution < -0.4 is 0 Å². The fraction of sp³-hybridized carbons (Fsp3) is 0.167. The van der Waals surface area contributed by atoms with Crippen molar-refractivity contribution in [1.29, 1.82) is 0 Å². The first kappa shape index (κ1) is 23.4. The summed E-state index contributed by atoms with van der Waals surface area (Å²) in [7, 11) is 0. The Morgan fingerprint density at radius 1 is 1.03 bits per heavy atom. The molecule has 0 bridgehead atoms. The van der Waals surface area contributed by atoms with Crippen molar-refractivity contribution < 1.29 is 9.59 Å². The van der Waals surface area contributed by atoms with Gasteiger partial charge in [0.25, 0.3) is 11.1 Å². The third kappa shape index (κ3) is 4.51. The summed E-state index contributed by atoms with van der Waals surface area (Å²) in [5.41, 5.74) is 5.93. The molecular weight excluding hydrogens is 578 g/mol. The second-order valence-corrected chi connectivity index (χ2v) is 10.6. The smallest absolute Gasteiger partial charge is 0.293 e. The number of benzene rings is 2. The van der Waals surface area contributed by atoms with Gasteiger partial charge in [-0.15, -0.1) is 0 Å². The minimum absolute atomic E-state index is 0.110. The first-order valence-electron chi connectivity index (χ1n) is 9.80. The average Bonchev–Trinajstić information content (AvgIpc) is 3.15. The first-order chi connectivity index (χ1) is 15.2. The third-order valence-corrected chi connectivity index (χ3v) is 8.08. The molecule has 0 spiro atoms. The van der Waals surface area contributed by atoms with Gasteiger partial charge in [-0.25, -0.2) is 0 Å². The molecule has 32 heavy (non-hydrogen) atoms. The van der Waals surface area contributed by atoms with Crippen molar-refractivity contribution in [2.75, 3.05) is 0 Å². The van der Waals surface area contributed by atoms with Gasteiger partial charge in [0.1, 0.15) is 0 Å². The highest BCUT2D eigenvalue weighted by atomic mass is 127. The number of imide groups is 1. The highest BCUT2D eigenvalue weighted by Gasteiger charge is 2.35. The van der Waals surface area contributed by atoms with Gasteiger partial charge in [0.15, 0.2) is 0 Å². The fourth-order valence-electron chi connectivity index (χ4n) is 3.70. The van der Waals surface area contributed by atoms with E-state index in [0.29, 0.717) is 20.5 Å². The highest BCUT2D eigenvalue weighted by molar-refractivity contribution is 14.1. The number of nitrogens with zero attached hydrogens (tertiary/aromatic N) is 2. The van der Waals surface area contributed by atoms with Crippen LogP contribution in [0.3, 0.4) is 0 Å². The lowest BCUT2D eigenvalue weighted by Crippen LogP contribution is -2.27. The number of carbonyl (C=O) groups is 2. The predicted octanol–water partition coefficient (Wildman–Crippen LogP) is 7.55. The summed E-state index contributed by atoms with van der Waals surface area (Å²) < 4.78 is 3.37. The van der Waals surface area contributed by atoms with E-state index >= 15 is 0 Å². The molecule has 2 aromatic carbocycles. The fourth-order valence-corrected chi connectivity index (χ4v) is 5.33. The molecule has 2 amide bonds. The van der Waals surface area contributed by atoms with Crippen molar-refractivity contribution in [2.45, 2.75) is 27.3 Å². The molecule has 0 atom stereocenters. The van der Waals surface area contributed by atoms with Gasteiger partial charge in [-0.1, -0.05) is 29.3 Å². The molecule has 1 saturated heterocycles. The zero-order chi connectivity index (χ0) is 23.2. The van der Waals surface area contributed by atoms with Crippen molar-refractivity contribution >= 4 is 74.8 Å². The van der Waals surface area contributed by atoms with Crippen LogP contribution in [0.2, 0.25) is 10.0 Å². The van der Waals surface area contributed by atoms with Crippen molar-refractivity contribution in [2.24, 2.45) is 0 Å². The Balaban J connectivity index is 1.64. The van der Waals surface area contributed by atoms with Gasteiger partial charge >= 0.3 is 0 Å². The standard InChI is InChI=1S/C24H19Cl2IN2O2S/c1-13-8-19(6-7-21(13)27)29-14(2)9-17(15(29)3)10-22-23(30)28(24(31)32-22)12-16-4-5-18(25)11-20(16)26/h4-11H,12H2,1-3H3/b22-10-. The van der Waals surface area contributed by atoms with Crippen LogP contribution in [0.1, 0.15) is 28.1 Å². The second-order valence-electron chi connectivity index (χ2n) is 7.60. The van der Waals surface area contributed by atoms with Crippen LogP contribution in [-0.4, -0.2) is 20.6 Å². The number of hydrogen-bond acceptors (Lipinski definition) is 3. The Morgan fingerprint density at radius 3 is 2.47 bits per heavy atom. The lowest BCUT2D eigenvalue weighted by Gasteiger charge is -2.13. The number of thioether (sulfide) groups is 1. The van der Waals surface area contributed by atoms with Gasteiger partial charge in [0.05, 0.1) is 11.4 Å². The first-order valence-corrected chi connectivity index (χ1v) is 12.5. The van der Waals surface area contributed by atoms with E-state index in [9.17, 15) is 9.59 Å². The maximum absolute atomic E-state index is 13.0. The van der Waals surface area contributed by atoms with Crippen LogP contribution in [0.25, 0.3) is 11.8 Å². The summed E-state index contributed by atoms with van der Waals surface area (Å²) in [6.07, 6.45) is 1.80. The van der Waals surface area contributed by atoms with Gasteiger partial charge in [0.2, 0.25) is 0 Å². The van der Waals surface area contributed by atoms with Gasteiger partial charge < -0.3 is 4.57 Å². The molecule has 1 aliphatic rings. The normalized spacial score (nSPS) is 15.3. The molecule has 2 heterocycles. The molecule has 1 fully saturated rings. The molecule has 164 valence electrons. The maximum atomic E-state index is 13.0. The Kier molecular flexibility index (Phi) is 6.77. The molecular formula is C24H19Cl2IN2O2S. The molecule has 3 aromatic rings. The molecule has 0 radical (unpaired) electrons. The van der Waals surface area contributed by atoms with Crippen LogP contribution in [0.4, 0.5) is 4.79 Å². The molecule has 1 aliphatic heterocycles. The molecule has 0 unspecified atom stereocenters. The van der Waals surface area contributed by atoms with E-state index in [1.165, 1.54) is 14.0 Å². The number of rotatable bonds is 4. The van der Waals surface area contributed by atoms with Gasteiger partial charge in [0, 0.05) is 30.7 Å². The van der Waals surface area contributed by atoms with Gasteiger partial charge in [-0.05, 0) is 114 Å². The Bertz CT molecular complexity index is 1300. The Morgan fingerprint density at radius 2 is 1.78 bits per heavy atom. The average molecular weight is 597 g/mol. The van der Waals surface area contributed by atoms with Crippen molar-refractivity contribution in [3.8, 4) is 5.69 Å². The van der Waals surface area contributed by atoms with Crippen molar-refractivity contribution in [3.05, 3.63) is 89.1 Å². The van der Waals surface area contributed by atoms with Crippen LogP contribution in [0.15, 0.2) is 47.4 Å². The monoisotopic (exact) mass is 596 g/mol. The molecule has 8 heteroatoms. The van der Waals surface area contributed by atoms with E-state index in [4.69, 9.17) is 23.2 Å². The number of carbonyl (C=O) groups excluding carboxylic acids is 2. The molecule has 0 aliphatic carbocycles. The van der Waals surface area contributed by atoms with E-state index in [-0.39, 0.29) is 17.7 Å². The lowest BCUT2D eigenvalue weighted by atomic mass is 10.2. The third-order valence-electron chi connectivity index (χ3n) is 5.37. The number of amides is 2.